The minimum Gasteiger partial charge on any atom is -0.481 e. The maximum Gasteiger partial charge on any atom is 0.429 e. The average Bonchev–Trinajstić information content (AvgIpc) is 2.74. The molecule has 0 bridgehead atoms. The first kappa shape index (κ1) is 23.9. The topological polar surface area (TPSA) is 90.4 Å². The quantitative estimate of drug-likeness (QED) is 0.468. The monoisotopic (exact) mass is 507 g/mol. The van der Waals surface area contributed by atoms with Gasteiger partial charge in [0.15, 0.2) is 0 Å². The number of benzene rings is 1. The lowest BCUT2D eigenvalue weighted by Crippen LogP contribution is -2.27. The van der Waals surface area contributed by atoms with Crippen molar-refractivity contribution in [1.82, 2.24) is 9.97 Å². The van der Waals surface area contributed by atoms with Crippen molar-refractivity contribution in [3.8, 4) is 11.8 Å². The summed E-state index contributed by atoms with van der Waals surface area (Å²) in [7, 11) is -3.13. The van der Waals surface area contributed by atoms with Crippen LogP contribution < -0.4 is 14.2 Å². The molecule has 0 spiro atoms. The van der Waals surface area contributed by atoms with Gasteiger partial charge in [-0.15, -0.1) is 0 Å². The SMILES string of the molecule is COc1ccc(NS(=O)(=O)c2cccc(Cl)c2Cl)c(OC(c2cccnc2)C(F)(F)F)n1. The third-order valence-corrected chi connectivity index (χ3v) is 6.35. The Labute approximate surface area is 191 Å². The highest BCUT2D eigenvalue weighted by atomic mass is 35.5. The molecule has 0 aliphatic carbocycles. The highest BCUT2D eigenvalue weighted by Crippen LogP contribution is 2.39. The van der Waals surface area contributed by atoms with Crippen LogP contribution >= 0.6 is 23.2 Å². The van der Waals surface area contributed by atoms with Crippen molar-refractivity contribution in [2.24, 2.45) is 0 Å². The molecule has 1 aromatic carbocycles. The Kier molecular flexibility index (Phi) is 7.01. The zero-order valence-electron chi connectivity index (χ0n) is 16.1. The van der Waals surface area contributed by atoms with Gasteiger partial charge in [0.2, 0.25) is 17.9 Å². The summed E-state index contributed by atoms with van der Waals surface area (Å²) >= 11 is 11.9. The second-order valence-electron chi connectivity index (χ2n) is 6.19. The van der Waals surface area contributed by atoms with Crippen molar-refractivity contribution in [1.29, 1.82) is 0 Å². The van der Waals surface area contributed by atoms with E-state index < -0.39 is 28.2 Å². The van der Waals surface area contributed by atoms with Gasteiger partial charge >= 0.3 is 6.18 Å². The second kappa shape index (κ2) is 9.39. The third kappa shape index (κ3) is 5.34. The van der Waals surface area contributed by atoms with Crippen LogP contribution in [0.4, 0.5) is 18.9 Å². The first-order valence-electron chi connectivity index (χ1n) is 8.68. The van der Waals surface area contributed by atoms with Gasteiger partial charge in [-0.25, -0.2) is 8.42 Å². The van der Waals surface area contributed by atoms with Crippen molar-refractivity contribution in [2.75, 3.05) is 11.8 Å². The standard InChI is InChI=1S/C19H14Cl2F3N3O4S/c1-30-15-8-7-13(27-32(28,29)14-6-2-5-12(20)16(14)21)18(26-15)31-17(19(22,23)24)11-4-3-9-25-10-11/h2-10,17,27H,1H3. The van der Waals surface area contributed by atoms with Crippen LogP contribution in [0, 0.1) is 0 Å². The minimum atomic E-state index is -4.86. The fraction of sp³-hybridized carbons (Fsp3) is 0.158. The van der Waals surface area contributed by atoms with Crippen LogP contribution in [0.5, 0.6) is 11.8 Å². The van der Waals surface area contributed by atoms with Crippen molar-refractivity contribution in [3.05, 3.63) is 70.5 Å². The molecule has 0 saturated heterocycles. The zero-order valence-corrected chi connectivity index (χ0v) is 18.4. The Morgan fingerprint density at radius 1 is 1.09 bits per heavy atom. The normalized spacial score (nSPS) is 12.8. The number of halogens is 5. The number of pyridine rings is 2. The van der Waals surface area contributed by atoms with Crippen molar-refractivity contribution in [3.63, 3.8) is 0 Å². The highest BCUT2D eigenvalue weighted by molar-refractivity contribution is 7.92. The summed E-state index contributed by atoms with van der Waals surface area (Å²) in [4.78, 5) is 7.13. The van der Waals surface area contributed by atoms with Crippen LogP contribution in [0.15, 0.2) is 59.8 Å². The molecule has 1 unspecified atom stereocenters. The number of methoxy groups -OCH3 is 1. The Hall–Kier alpha value is -2.76. The maximum atomic E-state index is 13.7. The molecule has 1 N–H and O–H groups in total. The lowest BCUT2D eigenvalue weighted by Gasteiger charge is -2.23. The summed E-state index contributed by atoms with van der Waals surface area (Å²) in [6, 6.07) is 8.79. The van der Waals surface area contributed by atoms with E-state index in [9.17, 15) is 21.6 Å². The van der Waals surface area contributed by atoms with Gasteiger partial charge in [0.1, 0.15) is 10.6 Å². The van der Waals surface area contributed by atoms with E-state index in [2.05, 4.69) is 14.7 Å². The van der Waals surface area contributed by atoms with E-state index in [1.54, 1.807) is 0 Å². The molecule has 0 radical (unpaired) electrons. The van der Waals surface area contributed by atoms with Crippen molar-refractivity contribution < 1.29 is 31.1 Å². The van der Waals surface area contributed by atoms with Gasteiger partial charge in [0, 0.05) is 24.0 Å². The van der Waals surface area contributed by atoms with Gasteiger partial charge in [0.05, 0.1) is 17.2 Å². The van der Waals surface area contributed by atoms with Crippen molar-refractivity contribution in [2.45, 2.75) is 17.2 Å². The number of ether oxygens (including phenoxy) is 2. The molecular formula is C19H14Cl2F3N3O4S. The van der Waals surface area contributed by atoms with Gasteiger partial charge in [-0.05, 0) is 24.3 Å². The molecule has 0 fully saturated rings. The first-order valence-corrected chi connectivity index (χ1v) is 10.9. The van der Waals surface area contributed by atoms with Gasteiger partial charge in [-0.1, -0.05) is 35.3 Å². The summed E-state index contributed by atoms with van der Waals surface area (Å²) in [5.74, 6) is -0.770. The third-order valence-electron chi connectivity index (χ3n) is 4.01. The molecule has 32 heavy (non-hydrogen) atoms. The Bertz CT molecular complexity index is 1210. The fourth-order valence-electron chi connectivity index (χ4n) is 2.56. The summed E-state index contributed by atoms with van der Waals surface area (Å²) in [5, 5.41) is -0.276. The molecule has 2 heterocycles. The molecule has 170 valence electrons. The highest BCUT2D eigenvalue weighted by Gasteiger charge is 2.44. The largest absolute Gasteiger partial charge is 0.481 e. The molecule has 0 amide bonds. The number of nitrogens with zero attached hydrogens (tertiary/aromatic N) is 2. The van der Waals surface area contributed by atoms with E-state index in [0.717, 1.165) is 12.3 Å². The Morgan fingerprint density at radius 2 is 1.84 bits per heavy atom. The van der Waals surface area contributed by atoms with E-state index >= 15 is 0 Å². The molecule has 2 aromatic heterocycles. The van der Waals surface area contributed by atoms with Gasteiger partial charge < -0.3 is 9.47 Å². The molecule has 13 heteroatoms. The molecule has 3 aromatic rings. The molecular weight excluding hydrogens is 494 g/mol. The number of aromatic nitrogens is 2. The zero-order chi connectivity index (χ0) is 23.5. The molecule has 7 nitrogen and oxygen atoms in total. The van der Waals surface area contributed by atoms with E-state index in [1.807, 2.05) is 0 Å². The molecule has 3 rings (SSSR count). The summed E-state index contributed by atoms with van der Waals surface area (Å²) < 4.78 is 79.0. The predicted molar refractivity (Wildman–Crippen MR) is 112 cm³/mol. The number of hydrogen-bond donors (Lipinski definition) is 1. The second-order valence-corrected chi connectivity index (χ2v) is 8.63. The summed E-state index contributed by atoms with van der Waals surface area (Å²) in [6.07, 6.45) is -5.06. The summed E-state index contributed by atoms with van der Waals surface area (Å²) in [6.45, 7) is 0. The van der Waals surface area contributed by atoms with Gasteiger partial charge in [-0.2, -0.15) is 18.2 Å². The van der Waals surface area contributed by atoms with Gasteiger partial charge in [-0.3, -0.25) is 9.71 Å². The first-order chi connectivity index (χ1) is 15.0. The number of anilines is 1. The lowest BCUT2D eigenvalue weighted by molar-refractivity contribution is -0.198. The van der Waals surface area contributed by atoms with Gasteiger partial charge in [0.25, 0.3) is 10.0 Å². The van der Waals surface area contributed by atoms with Crippen LogP contribution in [0.3, 0.4) is 0 Å². The number of sulfonamides is 1. The van der Waals surface area contributed by atoms with E-state index in [1.165, 1.54) is 49.7 Å². The van der Waals surface area contributed by atoms with E-state index in [0.29, 0.717) is 0 Å². The number of nitrogens with one attached hydrogen (secondary N) is 1. The van der Waals surface area contributed by atoms with Crippen LogP contribution in [-0.2, 0) is 10.0 Å². The van der Waals surface area contributed by atoms with Crippen molar-refractivity contribution >= 4 is 38.9 Å². The molecule has 0 saturated carbocycles. The predicted octanol–water partition coefficient (Wildman–Crippen LogP) is 5.28. The van der Waals surface area contributed by atoms with Crippen LogP contribution in [-0.4, -0.2) is 31.7 Å². The Balaban J connectivity index is 2.04. The van der Waals surface area contributed by atoms with Crippen LogP contribution in [0.25, 0.3) is 0 Å². The van der Waals surface area contributed by atoms with Crippen LogP contribution in [0.1, 0.15) is 11.7 Å². The van der Waals surface area contributed by atoms with E-state index in [4.69, 9.17) is 32.7 Å². The lowest BCUT2D eigenvalue weighted by atomic mass is 10.1. The molecule has 1 atom stereocenters. The maximum absolute atomic E-state index is 13.7. The number of rotatable bonds is 7. The fourth-order valence-corrected chi connectivity index (χ4v) is 4.38. The molecule has 0 aliphatic rings. The Morgan fingerprint density at radius 3 is 2.47 bits per heavy atom. The van der Waals surface area contributed by atoms with E-state index in [-0.39, 0.29) is 32.1 Å². The van der Waals surface area contributed by atoms with Crippen LogP contribution in [0.2, 0.25) is 10.0 Å². The number of hydrogen-bond acceptors (Lipinski definition) is 6. The minimum absolute atomic E-state index is 0.0208. The molecule has 0 aliphatic heterocycles. The smallest absolute Gasteiger partial charge is 0.429 e. The summed E-state index contributed by atoms with van der Waals surface area (Å²) in [5.41, 5.74) is -0.684. The number of alkyl halides is 3. The average molecular weight is 508 g/mol.